The number of nitrogens with zero attached hydrogens (tertiary/aromatic N) is 1. The van der Waals surface area contributed by atoms with Crippen molar-refractivity contribution in [3.05, 3.63) is 41.3 Å². The Balaban J connectivity index is 0.00000176. The molecule has 22 heavy (non-hydrogen) atoms. The van der Waals surface area contributed by atoms with E-state index in [1.54, 1.807) is 18.4 Å². The Hall–Kier alpha value is -1.56. The molecule has 1 aliphatic heterocycles. The minimum absolute atomic E-state index is 0. The van der Waals surface area contributed by atoms with Gasteiger partial charge in [-0.3, -0.25) is 4.99 Å². The first-order valence-electron chi connectivity index (χ1n) is 6.97. The van der Waals surface area contributed by atoms with Gasteiger partial charge in [-0.2, -0.15) is 0 Å². The molecule has 0 atom stereocenters. The molecule has 2 heterocycles. The SMILES string of the molecule is COCCOc1ccc(-c2cccs2)cc1C1=NCCN1.Cl. The molecule has 1 N–H and O–H groups in total. The maximum absolute atomic E-state index is 5.82. The zero-order valence-electron chi connectivity index (χ0n) is 12.4. The van der Waals surface area contributed by atoms with Gasteiger partial charge in [0.25, 0.3) is 0 Å². The minimum Gasteiger partial charge on any atom is -0.490 e. The van der Waals surface area contributed by atoms with Crippen molar-refractivity contribution in [2.24, 2.45) is 4.99 Å². The van der Waals surface area contributed by atoms with E-state index in [0.717, 1.165) is 30.2 Å². The third-order valence-electron chi connectivity index (χ3n) is 3.26. The monoisotopic (exact) mass is 338 g/mol. The highest BCUT2D eigenvalue weighted by Crippen LogP contribution is 2.30. The van der Waals surface area contributed by atoms with Crippen LogP contribution in [0.1, 0.15) is 5.56 Å². The van der Waals surface area contributed by atoms with Crippen LogP contribution < -0.4 is 10.1 Å². The van der Waals surface area contributed by atoms with Crippen molar-refractivity contribution >= 4 is 29.6 Å². The van der Waals surface area contributed by atoms with E-state index >= 15 is 0 Å². The van der Waals surface area contributed by atoms with E-state index in [0.29, 0.717) is 13.2 Å². The van der Waals surface area contributed by atoms with Gasteiger partial charge in [0.15, 0.2) is 0 Å². The quantitative estimate of drug-likeness (QED) is 0.822. The Bertz CT molecular complexity index is 629. The van der Waals surface area contributed by atoms with E-state index in [4.69, 9.17) is 9.47 Å². The Morgan fingerprint density at radius 1 is 1.27 bits per heavy atom. The van der Waals surface area contributed by atoms with Gasteiger partial charge in [-0.15, -0.1) is 23.7 Å². The lowest BCUT2D eigenvalue weighted by Crippen LogP contribution is -2.20. The number of halogens is 1. The highest BCUT2D eigenvalue weighted by atomic mass is 35.5. The minimum atomic E-state index is 0. The van der Waals surface area contributed by atoms with Crippen LogP contribution in [0.3, 0.4) is 0 Å². The smallest absolute Gasteiger partial charge is 0.132 e. The van der Waals surface area contributed by atoms with Crippen molar-refractivity contribution in [1.29, 1.82) is 0 Å². The lowest BCUT2D eigenvalue weighted by atomic mass is 10.1. The molecule has 0 radical (unpaired) electrons. The van der Waals surface area contributed by atoms with Gasteiger partial charge in [-0.05, 0) is 35.2 Å². The fraction of sp³-hybridized carbons (Fsp3) is 0.312. The molecule has 1 aromatic carbocycles. The number of benzene rings is 1. The first kappa shape index (κ1) is 16.8. The first-order chi connectivity index (χ1) is 10.4. The van der Waals surface area contributed by atoms with Crippen LogP contribution in [-0.2, 0) is 4.74 Å². The maximum atomic E-state index is 5.82. The maximum Gasteiger partial charge on any atom is 0.132 e. The van der Waals surface area contributed by atoms with Gasteiger partial charge < -0.3 is 14.8 Å². The van der Waals surface area contributed by atoms with Gasteiger partial charge in [-0.1, -0.05) is 6.07 Å². The van der Waals surface area contributed by atoms with Gasteiger partial charge in [0.05, 0.1) is 18.7 Å². The summed E-state index contributed by atoms with van der Waals surface area (Å²) in [6.07, 6.45) is 0. The predicted molar refractivity (Wildman–Crippen MR) is 93.8 cm³/mol. The highest BCUT2D eigenvalue weighted by molar-refractivity contribution is 7.13. The number of amidine groups is 1. The zero-order valence-corrected chi connectivity index (χ0v) is 14.0. The van der Waals surface area contributed by atoms with Crippen LogP contribution in [-0.4, -0.2) is 39.2 Å². The zero-order chi connectivity index (χ0) is 14.5. The van der Waals surface area contributed by atoms with Crippen LogP contribution in [0.25, 0.3) is 10.4 Å². The summed E-state index contributed by atoms with van der Waals surface area (Å²) in [4.78, 5) is 5.76. The van der Waals surface area contributed by atoms with Crippen molar-refractivity contribution < 1.29 is 9.47 Å². The second-order valence-corrected chi connectivity index (χ2v) is 5.63. The van der Waals surface area contributed by atoms with E-state index < -0.39 is 0 Å². The van der Waals surface area contributed by atoms with Crippen molar-refractivity contribution in [1.82, 2.24) is 5.32 Å². The number of ether oxygens (including phenoxy) is 2. The summed E-state index contributed by atoms with van der Waals surface area (Å²) in [6.45, 7) is 2.81. The molecule has 0 saturated carbocycles. The molecular weight excluding hydrogens is 320 g/mol. The number of nitrogens with one attached hydrogen (secondary N) is 1. The normalized spacial score (nSPS) is 13.2. The molecule has 0 fully saturated rings. The third-order valence-corrected chi connectivity index (χ3v) is 4.18. The number of hydrogen-bond donors (Lipinski definition) is 1. The Morgan fingerprint density at radius 2 is 2.18 bits per heavy atom. The van der Waals surface area contributed by atoms with Crippen LogP contribution in [0.4, 0.5) is 0 Å². The second kappa shape index (κ2) is 8.17. The summed E-state index contributed by atoms with van der Waals surface area (Å²) in [6, 6.07) is 10.4. The van der Waals surface area contributed by atoms with E-state index in [-0.39, 0.29) is 12.4 Å². The van der Waals surface area contributed by atoms with Crippen LogP contribution in [0, 0.1) is 0 Å². The van der Waals surface area contributed by atoms with Crippen molar-refractivity contribution in [3.63, 3.8) is 0 Å². The molecule has 2 aromatic rings. The molecule has 0 amide bonds. The van der Waals surface area contributed by atoms with Crippen LogP contribution in [0.2, 0.25) is 0 Å². The van der Waals surface area contributed by atoms with Gasteiger partial charge in [0.2, 0.25) is 0 Å². The van der Waals surface area contributed by atoms with Crippen LogP contribution in [0.5, 0.6) is 5.75 Å². The van der Waals surface area contributed by atoms with Gasteiger partial charge in [0.1, 0.15) is 18.2 Å². The molecule has 1 aromatic heterocycles. The molecule has 0 unspecified atom stereocenters. The second-order valence-electron chi connectivity index (χ2n) is 4.69. The average Bonchev–Trinajstić information content (AvgIpc) is 3.21. The Labute approximate surface area is 140 Å². The summed E-state index contributed by atoms with van der Waals surface area (Å²) in [5, 5.41) is 5.41. The molecule has 0 spiro atoms. The Morgan fingerprint density at radius 3 is 2.86 bits per heavy atom. The average molecular weight is 339 g/mol. The van der Waals surface area contributed by atoms with Crippen molar-refractivity contribution in [2.45, 2.75) is 0 Å². The summed E-state index contributed by atoms with van der Waals surface area (Å²) in [5.41, 5.74) is 2.21. The molecule has 118 valence electrons. The number of methoxy groups -OCH3 is 1. The van der Waals surface area contributed by atoms with E-state index in [1.807, 2.05) is 6.07 Å². The molecule has 4 nitrogen and oxygen atoms in total. The third kappa shape index (κ3) is 3.80. The fourth-order valence-corrected chi connectivity index (χ4v) is 2.97. The van der Waals surface area contributed by atoms with Gasteiger partial charge in [-0.25, -0.2) is 0 Å². The first-order valence-corrected chi connectivity index (χ1v) is 7.85. The number of rotatable bonds is 6. The van der Waals surface area contributed by atoms with Crippen molar-refractivity contribution in [2.75, 3.05) is 33.4 Å². The molecule has 0 saturated heterocycles. The lowest BCUT2D eigenvalue weighted by molar-refractivity contribution is 0.146. The van der Waals surface area contributed by atoms with Gasteiger partial charge >= 0.3 is 0 Å². The fourth-order valence-electron chi connectivity index (χ4n) is 2.25. The molecule has 0 aliphatic carbocycles. The topological polar surface area (TPSA) is 42.9 Å². The summed E-state index contributed by atoms with van der Waals surface area (Å²) < 4.78 is 10.9. The largest absolute Gasteiger partial charge is 0.490 e. The van der Waals surface area contributed by atoms with E-state index in [1.165, 1.54) is 10.4 Å². The van der Waals surface area contributed by atoms with Crippen molar-refractivity contribution in [3.8, 4) is 16.2 Å². The standard InChI is InChI=1S/C16H18N2O2S.ClH/c1-19-8-9-20-14-5-4-12(15-3-2-10-21-15)11-13(14)16-17-6-7-18-16;/h2-5,10-11H,6-9H2,1H3,(H,17,18);1H. The molecular formula is C16H19ClN2O2S. The number of aliphatic imine (C=N–C) groups is 1. The van der Waals surface area contributed by atoms with Gasteiger partial charge in [0, 0.05) is 18.5 Å². The number of thiophene rings is 1. The van der Waals surface area contributed by atoms with E-state index in [9.17, 15) is 0 Å². The summed E-state index contributed by atoms with van der Waals surface area (Å²) >= 11 is 1.73. The predicted octanol–water partition coefficient (Wildman–Crippen LogP) is 3.21. The van der Waals surface area contributed by atoms with Crippen LogP contribution >= 0.6 is 23.7 Å². The van der Waals surface area contributed by atoms with E-state index in [2.05, 4.69) is 40.0 Å². The summed E-state index contributed by atoms with van der Waals surface area (Å²) in [5.74, 6) is 1.77. The summed E-state index contributed by atoms with van der Waals surface area (Å²) in [7, 11) is 1.67. The molecule has 3 rings (SSSR count). The molecule has 6 heteroatoms. The number of hydrogen-bond acceptors (Lipinski definition) is 5. The molecule has 1 aliphatic rings. The highest BCUT2D eigenvalue weighted by Gasteiger charge is 2.15. The Kier molecular flexibility index (Phi) is 6.24. The molecule has 0 bridgehead atoms. The van der Waals surface area contributed by atoms with Crippen LogP contribution in [0.15, 0.2) is 40.7 Å². The lowest BCUT2D eigenvalue weighted by Gasteiger charge is -2.13.